The Hall–Kier alpha value is -1.23. The van der Waals surface area contributed by atoms with E-state index in [1.807, 2.05) is 6.92 Å². The third kappa shape index (κ3) is 4.20. The summed E-state index contributed by atoms with van der Waals surface area (Å²) in [6.07, 6.45) is 4.26. The summed E-state index contributed by atoms with van der Waals surface area (Å²) in [4.78, 5) is 10.9. The Kier molecular flexibility index (Phi) is 4.42. The maximum atomic E-state index is 10.9. The molecule has 0 aliphatic heterocycles. The highest BCUT2D eigenvalue weighted by Crippen LogP contribution is 2.26. The first-order valence-electron chi connectivity index (χ1n) is 5.44. The number of rotatable bonds is 1. The van der Waals surface area contributed by atoms with Crippen molar-refractivity contribution in [2.45, 2.75) is 45.6 Å². The van der Waals surface area contributed by atoms with Crippen LogP contribution in [0.25, 0.3) is 0 Å². The molecule has 0 unspecified atom stereocenters. The van der Waals surface area contributed by atoms with E-state index < -0.39 is 0 Å². The molecule has 15 heavy (non-hydrogen) atoms. The average Bonchev–Trinajstić information content (AvgIpc) is 2.15. The van der Waals surface area contributed by atoms with E-state index in [4.69, 9.17) is 4.74 Å². The predicted molar refractivity (Wildman–Crippen MR) is 60.1 cm³/mol. The molecule has 1 rings (SSSR count). The first-order valence-corrected chi connectivity index (χ1v) is 5.44. The Balaban J connectivity index is 2.62. The monoisotopic (exact) mass is 206 g/mol. The van der Waals surface area contributed by atoms with Crippen molar-refractivity contribution >= 4 is 5.97 Å². The Labute approximate surface area is 91.7 Å². The Morgan fingerprint density at radius 2 is 2.00 bits per heavy atom. The van der Waals surface area contributed by atoms with E-state index in [0.29, 0.717) is 0 Å². The minimum Gasteiger partial charge on any atom is -0.461 e. The van der Waals surface area contributed by atoms with Crippen LogP contribution < -0.4 is 0 Å². The third-order valence-corrected chi connectivity index (χ3v) is 2.49. The van der Waals surface area contributed by atoms with Crippen molar-refractivity contribution in [2.24, 2.45) is 5.92 Å². The van der Waals surface area contributed by atoms with Crippen molar-refractivity contribution < 1.29 is 9.53 Å². The second-order valence-electron chi connectivity index (χ2n) is 4.09. The molecule has 2 heteroatoms. The molecule has 1 aliphatic rings. The van der Waals surface area contributed by atoms with Gasteiger partial charge in [0.2, 0.25) is 0 Å². The van der Waals surface area contributed by atoms with E-state index >= 15 is 0 Å². The molecule has 0 aromatic carbocycles. The fourth-order valence-electron chi connectivity index (χ4n) is 1.83. The zero-order valence-electron chi connectivity index (χ0n) is 9.51. The summed E-state index contributed by atoms with van der Waals surface area (Å²) in [5, 5.41) is 0. The summed E-state index contributed by atoms with van der Waals surface area (Å²) in [7, 11) is 0. The van der Waals surface area contributed by atoms with Gasteiger partial charge in [-0.05, 0) is 31.8 Å². The molecule has 0 spiro atoms. The number of carbonyl (C=O) groups is 1. The standard InChI is InChI=1S/C13H18O2/c1-10(2)8-9-12-6-4-5-7-13(12)15-11(3)14/h12-13H,1,4-7H2,2-3H3/t12-,13-/m1/s1. The molecule has 1 saturated carbocycles. The smallest absolute Gasteiger partial charge is 0.302 e. The van der Waals surface area contributed by atoms with Crippen molar-refractivity contribution in [3.63, 3.8) is 0 Å². The van der Waals surface area contributed by atoms with Crippen molar-refractivity contribution in [1.29, 1.82) is 0 Å². The van der Waals surface area contributed by atoms with Crippen LogP contribution in [0.3, 0.4) is 0 Å². The second-order valence-corrected chi connectivity index (χ2v) is 4.09. The van der Waals surface area contributed by atoms with Gasteiger partial charge in [0.05, 0.1) is 5.92 Å². The van der Waals surface area contributed by atoms with Crippen molar-refractivity contribution in [3.8, 4) is 11.8 Å². The van der Waals surface area contributed by atoms with Gasteiger partial charge in [0, 0.05) is 6.92 Å². The number of allylic oxidation sites excluding steroid dienone is 1. The fraction of sp³-hybridized carbons (Fsp3) is 0.615. The summed E-state index contributed by atoms with van der Waals surface area (Å²) in [6, 6.07) is 0. The topological polar surface area (TPSA) is 26.3 Å². The maximum absolute atomic E-state index is 10.9. The van der Waals surface area contributed by atoms with Crippen molar-refractivity contribution in [3.05, 3.63) is 12.2 Å². The van der Waals surface area contributed by atoms with E-state index in [1.54, 1.807) is 0 Å². The fourth-order valence-corrected chi connectivity index (χ4v) is 1.83. The van der Waals surface area contributed by atoms with Gasteiger partial charge in [-0.25, -0.2) is 0 Å². The molecule has 0 aromatic rings. The second kappa shape index (κ2) is 5.60. The predicted octanol–water partition coefficient (Wildman–Crippen LogP) is 2.69. The Bertz CT molecular complexity index is 306. The molecule has 2 nitrogen and oxygen atoms in total. The molecule has 0 heterocycles. The van der Waals surface area contributed by atoms with Gasteiger partial charge in [0.1, 0.15) is 6.10 Å². The molecular formula is C13H18O2. The van der Waals surface area contributed by atoms with Gasteiger partial charge < -0.3 is 4.74 Å². The quantitative estimate of drug-likeness (QED) is 0.487. The number of ether oxygens (including phenoxy) is 1. The number of esters is 1. The number of hydrogen-bond acceptors (Lipinski definition) is 2. The maximum Gasteiger partial charge on any atom is 0.302 e. The SMILES string of the molecule is C=C(C)C#C[C@H]1CCCC[C@H]1OC(C)=O. The molecule has 0 saturated heterocycles. The van der Waals surface area contributed by atoms with Crippen LogP contribution in [0.1, 0.15) is 39.5 Å². The van der Waals surface area contributed by atoms with E-state index in [1.165, 1.54) is 13.3 Å². The van der Waals surface area contributed by atoms with Crippen LogP contribution in [-0.4, -0.2) is 12.1 Å². The van der Waals surface area contributed by atoms with Gasteiger partial charge in [0.15, 0.2) is 0 Å². The van der Waals surface area contributed by atoms with Crippen LogP contribution in [0.15, 0.2) is 12.2 Å². The first kappa shape index (κ1) is 11.8. The summed E-state index contributed by atoms with van der Waals surface area (Å²) in [5.41, 5.74) is 0.863. The van der Waals surface area contributed by atoms with Crippen LogP contribution >= 0.6 is 0 Å². The summed E-state index contributed by atoms with van der Waals surface area (Å²) < 4.78 is 5.26. The van der Waals surface area contributed by atoms with Crippen LogP contribution in [-0.2, 0) is 9.53 Å². The summed E-state index contributed by atoms with van der Waals surface area (Å²) in [5.74, 6) is 6.12. The lowest BCUT2D eigenvalue weighted by Gasteiger charge is -2.27. The molecule has 82 valence electrons. The van der Waals surface area contributed by atoms with Gasteiger partial charge in [-0.2, -0.15) is 0 Å². The number of hydrogen-bond donors (Lipinski definition) is 0. The molecule has 0 amide bonds. The minimum absolute atomic E-state index is 0.0110. The molecule has 0 aromatic heterocycles. The van der Waals surface area contributed by atoms with Gasteiger partial charge >= 0.3 is 5.97 Å². The highest BCUT2D eigenvalue weighted by molar-refractivity contribution is 5.66. The molecule has 2 atom stereocenters. The van der Waals surface area contributed by atoms with Gasteiger partial charge in [0.25, 0.3) is 0 Å². The zero-order chi connectivity index (χ0) is 11.3. The highest BCUT2D eigenvalue weighted by atomic mass is 16.5. The van der Waals surface area contributed by atoms with E-state index in [0.717, 1.165) is 24.8 Å². The van der Waals surface area contributed by atoms with Gasteiger partial charge in [-0.1, -0.05) is 24.8 Å². The van der Waals surface area contributed by atoms with Crippen molar-refractivity contribution in [2.75, 3.05) is 0 Å². The molecular weight excluding hydrogens is 188 g/mol. The third-order valence-electron chi connectivity index (χ3n) is 2.49. The van der Waals surface area contributed by atoms with Crippen molar-refractivity contribution in [1.82, 2.24) is 0 Å². The van der Waals surface area contributed by atoms with E-state index in [9.17, 15) is 4.79 Å². The van der Waals surface area contributed by atoms with E-state index in [-0.39, 0.29) is 18.0 Å². The Morgan fingerprint density at radius 1 is 1.33 bits per heavy atom. The number of carbonyl (C=O) groups excluding carboxylic acids is 1. The molecule has 0 bridgehead atoms. The lowest BCUT2D eigenvalue weighted by atomic mass is 9.86. The minimum atomic E-state index is -0.205. The molecule has 0 radical (unpaired) electrons. The van der Waals surface area contributed by atoms with Crippen LogP contribution in [0.2, 0.25) is 0 Å². The summed E-state index contributed by atoms with van der Waals surface area (Å²) in [6.45, 7) is 7.09. The Morgan fingerprint density at radius 3 is 2.60 bits per heavy atom. The zero-order valence-corrected chi connectivity index (χ0v) is 9.51. The van der Waals surface area contributed by atoms with Gasteiger partial charge in [-0.3, -0.25) is 4.79 Å². The highest BCUT2D eigenvalue weighted by Gasteiger charge is 2.25. The van der Waals surface area contributed by atoms with E-state index in [2.05, 4.69) is 18.4 Å². The lowest BCUT2D eigenvalue weighted by Crippen LogP contribution is -2.28. The summed E-state index contributed by atoms with van der Waals surface area (Å²) >= 11 is 0. The molecule has 1 aliphatic carbocycles. The normalized spacial score (nSPS) is 24.9. The molecule has 1 fully saturated rings. The van der Waals surface area contributed by atoms with Crippen LogP contribution in [0.4, 0.5) is 0 Å². The van der Waals surface area contributed by atoms with Crippen LogP contribution in [0.5, 0.6) is 0 Å². The lowest BCUT2D eigenvalue weighted by molar-refractivity contribution is -0.149. The van der Waals surface area contributed by atoms with Crippen LogP contribution in [0, 0.1) is 17.8 Å². The van der Waals surface area contributed by atoms with Gasteiger partial charge in [-0.15, -0.1) is 0 Å². The average molecular weight is 206 g/mol. The molecule has 0 N–H and O–H groups in total. The largest absolute Gasteiger partial charge is 0.461 e. The first-order chi connectivity index (χ1) is 7.09.